The van der Waals surface area contributed by atoms with Gasteiger partial charge in [-0.15, -0.1) is 11.3 Å². The van der Waals surface area contributed by atoms with Crippen molar-refractivity contribution in [1.82, 2.24) is 4.98 Å². The number of aryl methyl sites for hydroxylation is 1. The van der Waals surface area contributed by atoms with Crippen LogP contribution in [0.2, 0.25) is 0 Å². The Labute approximate surface area is 119 Å². The molecule has 0 saturated heterocycles. The Hall–Kier alpha value is -1.10. The average Bonchev–Trinajstić information content (AvgIpc) is 2.66. The molecule has 0 radical (unpaired) electrons. The summed E-state index contributed by atoms with van der Waals surface area (Å²) in [6.07, 6.45) is 0. The molecular weight excluding hydrogens is 260 g/mol. The Morgan fingerprint density at radius 3 is 2.63 bits per heavy atom. The average molecular weight is 284 g/mol. The first-order valence-electron chi connectivity index (χ1n) is 6.64. The number of aromatic nitrogens is 1. The SMILES string of the molecule is CCOC(=O)c1nc(NCC(C)C(C)(C)C)sc1C. The molecule has 0 bridgehead atoms. The summed E-state index contributed by atoms with van der Waals surface area (Å²) in [4.78, 5) is 16.9. The van der Waals surface area contributed by atoms with Crippen molar-refractivity contribution < 1.29 is 9.53 Å². The zero-order valence-corrected chi connectivity index (χ0v) is 13.5. The smallest absolute Gasteiger partial charge is 0.358 e. The molecule has 0 aliphatic rings. The van der Waals surface area contributed by atoms with Crippen molar-refractivity contribution >= 4 is 22.4 Å². The summed E-state index contributed by atoms with van der Waals surface area (Å²) < 4.78 is 4.98. The zero-order chi connectivity index (χ0) is 14.6. The van der Waals surface area contributed by atoms with Crippen LogP contribution in [0.5, 0.6) is 0 Å². The first kappa shape index (κ1) is 16.0. The van der Waals surface area contributed by atoms with Gasteiger partial charge in [0, 0.05) is 11.4 Å². The fourth-order valence-electron chi connectivity index (χ4n) is 1.41. The summed E-state index contributed by atoms with van der Waals surface area (Å²) in [5, 5.41) is 4.10. The fourth-order valence-corrected chi connectivity index (χ4v) is 2.22. The van der Waals surface area contributed by atoms with Gasteiger partial charge >= 0.3 is 5.97 Å². The largest absolute Gasteiger partial charge is 0.461 e. The maximum atomic E-state index is 11.7. The predicted molar refractivity (Wildman–Crippen MR) is 79.9 cm³/mol. The van der Waals surface area contributed by atoms with Crippen LogP contribution in [0.1, 0.15) is 50.0 Å². The number of nitrogens with zero attached hydrogens (tertiary/aromatic N) is 1. The highest BCUT2D eigenvalue weighted by Crippen LogP contribution is 2.27. The third kappa shape index (κ3) is 4.49. The van der Waals surface area contributed by atoms with Gasteiger partial charge < -0.3 is 10.1 Å². The van der Waals surface area contributed by atoms with E-state index in [1.807, 2.05) is 6.92 Å². The number of hydrogen-bond acceptors (Lipinski definition) is 5. The summed E-state index contributed by atoms with van der Waals surface area (Å²) in [5.41, 5.74) is 0.682. The van der Waals surface area contributed by atoms with Crippen LogP contribution in [-0.2, 0) is 4.74 Å². The third-order valence-corrected chi connectivity index (χ3v) is 4.23. The maximum absolute atomic E-state index is 11.7. The number of thiazole rings is 1. The highest BCUT2D eigenvalue weighted by molar-refractivity contribution is 7.15. The van der Waals surface area contributed by atoms with E-state index in [-0.39, 0.29) is 11.4 Å². The second-order valence-electron chi connectivity index (χ2n) is 5.79. The molecule has 1 aromatic rings. The molecule has 0 aliphatic heterocycles. The molecular formula is C14H24N2O2S. The molecule has 1 aromatic heterocycles. The lowest BCUT2D eigenvalue weighted by molar-refractivity contribution is 0.0519. The number of esters is 1. The summed E-state index contributed by atoms with van der Waals surface area (Å²) in [5.74, 6) is 0.177. The monoisotopic (exact) mass is 284 g/mol. The van der Waals surface area contributed by atoms with Crippen LogP contribution >= 0.6 is 11.3 Å². The Morgan fingerprint density at radius 2 is 2.11 bits per heavy atom. The highest BCUT2D eigenvalue weighted by Gasteiger charge is 2.21. The molecule has 0 amide bonds. The van der Waals surface area contributed by atoms with Gasteiger partial charge in [0.05, 0.1) is 6.61 Å². The van der Waals surface area contributed by atoms with E-state index in [1.165, 1.54) is 11.3 Å². The van der Waals surface area contributed by atoms with Crippen LogP contribution in [0.15, 0.2) is 0 Å². The van der Waals surface area contributed by atoms with Crippen LogP contribution in [0.25, 0.3) is 0 Å². The number of carbonyl (C=O) groups excluding carboxylic acids is 1. The number of hydrogen-bond donors (Lipinski definition) is 1. The molecule has 5 heteroatoms. The van der Waals surface area contributed by atoms with Crippen molar-refractivity contribution in [2.75, 3.05) is 18.5 Å². The van der Waals surface area contributed by atoms with Crippen molar-refractivity contribution in [2.45, 2.75) is 41.5 Å². The lowest BCUT2D eigenvalue weighted by atomic mass is 9.82. The standard InChI is InChI=1S/C14H24N2O2S/c1-7-18-12(17)11-10(3)19-13(16-11)15-8-9(2)14(4,5)6/h9H,7-8H2,1-6H3,(H,15,16). The molecule has 0 saturated carbocycles. The second-order valence-corrected chi connectivity index (χ2v) is 7.00. The van der Waals surface area contributed by atoms with E-state index in [4.69, 9.17) is 4.74 Å². The van der Waals surface area contributed by atoms with E-state index in [9.17, 15) is 4.79 Å². The predicted octanol–water partition coefficient (Wildman–Crippen LogP) is 3.72. The zero-order valence-electron chi connectivity index (χ0n) is 12.7. The number of nitrogens with one attached hydrogen (secondary N) is 1. The number of rotatable bonds is 5. The van der Waals surface area contributed by atoms with Gasteiger partial charge in [-0.05, 0) is 25.2 Å². The molecule has 0 aliphatic carbocycles. The Kier molecular flexibility index (Phi) is 5.35. The van der Waals surface area contributed by atoms with Gasteiger partial charge in [0.1, 0.15) is 0 Å². The van der Waals surface area contributed by atoms with Gasteiger partial charge in [0.2, 0.25) is 0 Å². The summed E-state index contributed by atoms with van der Waals surface area (Å²) >= 11 is 1.50. The molecule has 0 spiro atoms. The normalized spacial score (nSPS) is 13.2. The van der Waals surface area contributed by atoms with Gasteiger partial charge in [-0.2, -0.15) is 0 Å². The van der Waals surface area contributed by atoms with Crippen molar-refractivity contribution in [3.63, 3.8) is 0 Å². The van der Waals surface area contributed by atoms with Gasteiger partial charge in [-0.1, -0.05) is 27.7 Å². The minimum Gasteiger partial charge on any atom is -0.461 e. The fraction of sp³-hybridized carbons (Fsp3) is 0.714. The lowest BCUT2D eigenvalue weighted by Gasteiger charge is -2.27. The van der Waals surface area contributed by atoms with Crippen LogP contribution in [0.3, 0.4) is 0 Å². The quantitative estimate of drug-likeness (QED) is 0.837. The molecule has 1 heterocycles. The van der Waals surface area contributed by atoms with E-state index >= 15 is 0 Å². The highest BCUT2D eigenvalue weighted by atomic mass is 32.1. The van der Waals surface area contributed by atoms with Crippen molar-refractivity contribution in [1.29, 1.82) is 0 Å². The number of carbonyl (C=O) groups is 1. The van der Waals surface area contributed by atoms with Crippen LogP contribution < -0.4 is 5.32 Å². The maximum Gasteiger partial charge on any atom is 0.358 e. The van der Waals surface area contributed by atoms with Gasteiger partial charge in [-0.3, -0.25) is 0 Å². The molecule has 4 nitrogen and oxygen atoms in total. The Bertz CT molecular complexity index is 435. The number of anilines is 1. The summed E-state index contributed by atoms with van der Waals surface area (Å²) in [6.45, 7) is 13.8. The molecule has 19 heavy (non-hydrogen) atoms. The van der Waals surface area contributed by atoms with Crippen LogP contribution in [0.4, 0.5) is 5.13 Å². The molecule has 0 aromatic carbocycles. The van der Waals surface area contributed by atoms with Crippen molar-refractivity contribution in [3.05, 3.63) is 10.6 Å². The topological polar surface area (TPSA) is 51.2 Å². The first-order valence-corrected chi connectivity index (χ1v) is 7.45. The summed E-state index contributed by atoms with van der Waals surface area (Å²) in [6, 6.07) is 0. The van der Waals surface area contributed by atoms with Crippen molar-refractivity contribution in [3.8, 4) is 0 Å². The minimum atomic E-state index is -0.340. The van der Waals surface area contributed by atoms with E-state index in [0.29, 0.717) is 18.2 Å². The van der Waals surface area contributed by atoms with Gasteiger partial charge in [0.25, 0.3) is 0 Å². The molecule has 1 rings (SSSR count). The van der Waals surface area contributed by atoms with Crippen LogP contribution in [0, 0.1) is 18.3 Å². The number of ether oxygens (including phenoxy) is 1. The first-order chi connectivity index (χ1) is 8.75. The Morgan fingerprint density at radius 1 is 1.47 bits per heavy atom. The molecule has 108 valence electrons. The van der Waals surface area contributed by atoms with Crippen LogP contribution in [-0.4, -0.2) is 24.1 Å². The minimum absolute atomic E-state index is 0.253. The van der Waals surface area contributed by atoms with Gasteiger partial charge in [-0.25, -0.2) is 9.78 Å². The van der Waals surface area contributed by atoms with E-state index in [1.54, 1.807) is 6.92 Å². The molecule has 1 N–H and O–H groups in total. The van der Waals surface area contributed by atoms with Gasteiger partial charge in [0.15, 0.2) is 10.8 Å². The Balaban J connectivity index is 2.66. The third-order valence-electron chi connectivity index (χ3n) is 3.30. The van der Waals surface area contributed by atoms with Crippen molar-refractivity contribution in [2.24, 2.45) is 11.3 Å². The lowest BCUT2D eigenvalue weighted by Crippen LogP contribution is -2.24. The summed E-state index contributed by atoms with van der Waals surface area (Å²) in [7, 11) is 0. The van der Waals surface area contributed by atoms with E-state index in [2.05, 4.69) is 38.0 Å². The van der Waals surface area contributed by atoms with E-state index < -0.39 is 0 Å². The second kappa shape index (κ2) is 6.37. The van der Waals surface area contributed by atoms with E-state index in [0.717, 1.165) is 16.6 Å². The molecule has 0 fully saturated rings. The molecule has 1 unspecified atom stereocenters. The molecule has 1 atom stereocenters.